The monoisotopic (exact) mass is 697 g/mol. The highest BCUT2D eigenvalue weighted by Crippen LogP contribution is 2.33. The summed E-state index contributed by atoms with van der Waals surface area (Å²) in [5, 5.41) is 21.8. The first-order chi connectivity index (χ1) is 24.5. The van der Waals surface area contributed by atoms with Crippen LogP contribution in [0, 0.1) is 0 Å². The molecule has 1 aromatic heterocycles. The molecule has 2 aromatic rings. The van der Waals surface area contributed by atoms with Crippen molar-refractivity contribution >= 4 is 16.7 Å². The lowest BCUT2D eigenvalue weighted by atomic mass is 9.92. The van der Waals surface area contributed by atoms with Crippen LogP contribution in [0.3, 0.4) is 0 Å². The highest BCUT2D eigenvalue weighted by Gasteiger charge is 2.16. The summed E-state index contributed by atoms with van der Waals surface area (Å²) >= 11 is 0. The van der Waals surface area contributed by atoms with Crippen molar-refractivity contribution in [3.05, 3.63) is 28.8 Å². The summed E-state index contributed by atoms with van der Waals surface area (Å²) in [6.45, 7) is 6.79. The number of nitrogens with one attached hydrogen (secondary N) is 1. The van der Waals surface area contributed by atoms with Crippen molar-refractivity contribution in [2.24, 2.45) is 0 Å². The fourth-order valence-corrected chi connectivity index (χ4v) is 8.11. The predicted molar refractivity (Wildman–Crippen MR) is 221 cm³/mol. The SMILES string of the molecule is CCCCCCC(O)CCCCCCCCCCCc1c(CC)ccc2[nH]c(N)c(CCCCCCCCCCCC(O)CCCCCC)c12. The second-order valence-electron chi connectivity index (χ2n) is 15.9. The van der Waals surface area contributed by atoms with E-state index in [2.05, 4.69) is 37.9 Å². The van der Waals surface area contributed by atoms with Crippen LogP contribution in [-0.4, -0.2) is 27.4 Å². The zero-order valence-electron chi connectivity index (χ0n) is 33.6. The van der Waals surface area contributed by atoms with Gasteiger partial charge in [0.05, 0.1) is 12.2 Å². The number of unbranched alkanes of at least 4 members (excludes halogenated alkanes) is 22. The van der Waals surface area contributed by atoms with Gasteiger partial charge in [-0.05, 0) is 75.0 Å². The number of benzene rings is 1. The molecular weight excluding hydrogens is 613 g/mol. The molecule has 4 heteroatoms. The van der Waals surface area contributed by atoms with Crippen LogP contribution in [0.1, 0.15) is 230 Å². The number of aliphatic hydroxyl groups is 2. The average Bonchev–Trinajstić information content (AvgIpc) is 3.44. The Bertz CT molecular complexity index is 1060. The molecule has 0 aliphatic carbocycles. The van der Waals surface area contributed by atoms with E-state index in [1.54, 1.807) is 5.56 Å². The standard InChI is InChI=1S/C46H84N2O2/c1-4-7-9-25-31-40(49)33-27-21-17-13-11-15-19-23-29-35-42-39(6-3)37-38-44-45(42)43(46(47)48-44)36-30-24-20-16-12-14-18-22-28-34-41(50)32-26-10-8-5-2/h37-38,40-41,48-50H,4-36,47H2,1-3H3. The van der Waals surface area contributed by atoms with Crippen molar-refractivity contribution in [2.75, 3.05) is 5.73 Å². The van der Waals surface area contributed by atoms with Gasteiger partial charge in [-0.1, -0.05) is 181 Å². The third kappa shape index (κ3) is 19.9. The van der Waals surface area contributed by atoms with Crippen LogP contribution in [0.15, 0.2) is 12.1 Å². The Balaban J connectivity index is 1.59. The van der Waals surface area contributed by atoms with E-state index in [9.17, 15) is 10.2 Å². The summed E-state index contributed by atoms with van der Waals surface area (Å²) in [4.78, 5) is 3.53. The van der Waals surface area contributed by atoms with Gasteiger partial charge in [-0.3, -0.25) is 0 Å². The second-order valence-corrected chi connectivity index (χ2v) is 15.9. The Hall–Kier alpha value is -1.52. The van der Waals surface area contributed by atoms with Gasteiger partial charge in [0.25, 0.3) is 0 Å². The number of aromatic nitrogens is 1. The summed E-state index contributed by atoms with van der Waals surface area (Å²) in [6, 6.07) is 4.60. The van der Waals surface area contributed by atoms with E-state index < -0.39 is 0 Å². The largest absolute Gasteiger partial charge is 0.393 e. The highest BCUT2D eigenvalue weighted by molar-refractivity contribution is 5.92. The Morgan fingerprint density at radius 1 is 0.480 bits per heavy atom. The minimum absolute atomic E-state index is 0.0673. The summed E-state index contributed by atoms with van der Waals surface area (Å²) in [7, 11) is 0. The molecule has 0 spiro atoms. The van der Waals surface area contributed by atoms with Crippen LogP contribution in [0.5, 0.6) is 0 Å². The topological polar surface area (TPSA) is 82.3 Å². The fraction of sp³-hybridized carbons (Fsp3) is 0.826. The average molecular weight is 697 g/mol. The Kier molecular flexibility index (Phi) is 26.8. The van der Waals surface area contributed by atoms with Crippen LogP contribution in [0.2, 0.25) is 0 Å². The Labute approximate surface area is 310 Å². The Morgan fingerprint density at radius 3 is 1.24 bits per heavy atom. The number of nitrogens with two attached hydrogens (primary N) is 1. The molecule has 0 amide bonds. The number of nitrogen functional groups attached to an aromatic ring is 1. The minimum atomic E-state index is -0.0692. The van der Waals surface area contributed by atoms with E-state index in [0.717, 1.165) is 44.3 Å². The van der Waals surface area contributed by atoms with Crippen molar-refractivity contribution in [1.29, 1.82) is 0 Å². The molecule has 0 radical (unpaired) electrons. The van der Waals surface area contributed by atoms with E-state index in [1.165, 1.54) is 195 Å². The van der Waals surface area contributed by atoms with E-state index in [1.807, 2.05) is 0 Å². The third-order valence-corrected chi connectivity index (χ3v) is 11.4. The molecule has 1 heterocycles. The maximum absolute atomic E-state index is 10.2. The van der Waals surface area contributed by atoms with E-state index in [0.29, 0.717) is 0 Å². The first kappa shape index (κ1) is 44.6. The molecule has 0 aliphatic heterocycles. The molecule has 2 rings (SSSR count). The molecule has 5 N–H and O–H groups in total. The molecule has 2 unspecified atom stereocenters. The van der Waals surface area contributed by atoms with Gasteiger partial charge in [-0.2, -0.15) is 0 Å². The molecule has 0 bridgehead atoms. The summed E-state index contributed by atoms with van der Waals surface area (Å²) in [5.41, 5.74) is 12.3. The van der Waals surface area contributed by atoms with Crippen LogP contribution < -0.4 is 5.73 Å². The van der Waals surface area contributed by atoms with Gasteiger partial charge in [-0.15, -0.1) is 0 Å². The number of aliphatic hydroxyl groups excluding tert-OH is 2. The normalized spacial score (nSPS) is 13.1. The molecule has 0 saturated heterocycles. The van der Waals surface area contributed by atoms with Crippen LogP contribution in [0.4, 0.5) is 5.82 Å². The lowest BCUT2D eigenvalue weighted by Gasteiger charge is -2.12. The lowest BCUT2D eigenvalue weighted by molar-refractivity contribution is 0.147. The van der Waals surface area contributed by atoms with Crippen molar-refractivity contribution in [3.8, 4) is 0 Å². The molecule has 290 valence electrons. The van der Waals surface area contributed by atoms with Crippen molar-refractivity contribution in [3.63, 3.8) is 0 Å². The number of fused-ring (bicyclic) bond motifs is 1. The summed E-state index contributed by atoms with van der Waals surface area (Å²) in [6.07, 6.45) is 40.8. The smallest absolute Gasteiger partial charge is 0.104 e. The highest BCUT2D eigenvalue weighted by atomic mass is 16.3. The van der Waals surface area contributed by atoms with Crippen LogP contribution in [0.25, 0.3) is 10.9 Å². The quantitative estimate of drug-likeness (QED) is 0.0541. The van der Waals surface area contributed by atoms with E-state index in [4.69, 9.17) is 5.73 Å². The van der Waals surface area contributed by atoms with E-state index >= 15 is 0 Å². The molecule has 50 heavy (non-hydrogen) atoms. The summed E-state index contributed by atoms with van der Waals surface area (Å²) in [5.74, 6) is 0.891. The van der Waals surface area contributed by atoms with Gasteiger partial charge >= 0.3 is 0 Å². The van der Waals surface area contributed by atoms with Crippen LogP contribution in [-0.2, 0) is 19.3 Å². The maximum Gasteiger partial charge on any atom is 0.104 e. The molecule has 0 aliphatic rings. The maximum atomic E-state index is 10.2. The first-order valence-electron chi connectivity index (χ1n) is 22.3. The van der Waals surface area contributed by atoms with Crippen LogP contribution >= 0.6 is 0 Å². The predicted octanol–water partition coefficient (Wildman–Crippen LogP) is 13.9. The lowest BCUT2D eigenvalue weighted by Crippen LogP contribution is -2.05. The molecule has 0 saturated carbocycles. The van der Waals surface area contributed by atoms with Gasteiger partial charge in [0, 0.05) is 16.5 Å². The van der Waals surface area contributed by atoms with Gasteiger partial charge in [0.1, 0.15) is 5.82 Å². The number of rotatable bonds is 35. The Morgan fingerprint density at radius 2 is 0.840 bits per heavy atom. The second kappa shape index (κ2) is 30.0. The molecule has 1 aromatic carbocycles. The van der Waals surface area contributed by atoms with Crippen molar-refractivity contribution in [1.82, 2.24) is 4.98 Å². The number of anilines is 1. The van der Waals surface area contributed by atoms with Crippen molar-refractivity contribution in [2.45, 2.75) is 245 Å². The molecule has 4 nitrogen and oxygen atoms in total. The molecular formula is C46H84N2O2. The number of hydrogen-bond donors (Lipinski definition) is 4. The fourth-order valence-electron chi connectivity index (χ4n) is 8.11. The van der Waals surface area contributed by atoms with Gasteiger partial charge in [0.2, 0.25) is 0 Å². The third-order valence-electron chi connectivity index (χ3n) is 11.4. The van der Waals surface area contributed by atoms with Gasteiger partial charge < -0.3 is 20.9 Å². The molecule has 2 atom stereocenters. The number of H-pyrrole nitrogens is 1. The number of aryl methyl sites for hydroxylation is 3. The number of hydrogen-bond acceptors (Lipinski definition) is 3. The summed E-state index contributed by atoms with van der Waals surface area (Å²) < 4.78 is 0. The first-order valence-corrected chi connectivity index (χ1v) is 22.3. The van der Waals surface area contributed by atoms with Crippen molar-refractivity contribution < 1.29 is 10.2 Å². The molecule has 0 fully saturated rings. The van der Waals surface area contributed by atoms with E-state index in [-0.39, 0.29) is 12.2 Å². The number of aromatic amines is 1. The zero-order valence-corrected chi connectivity index (χ0v) is 33.6. The minimum Gasteiger partial charge on any atom is -0.393 e. The van der Waals surface area contributed by atoms with Gasteiger partial charge in [0.15, 0.2) is 0 Å². The zero-order chi connectivity index (χ0) is 36.1. The van der Waals surface area contributed by atoms with Gasteiger partial charge in [-0.25, -0.2) is 0 Å².